The molecule has 0 bridgehead atoms. The maximum absolute atomic E-state index is 15.5. The summed E-state index contributed by atoms with van der Waals surface area (Å²) in [6.45, 7) is 5.37. The third-order valence-corrected chi connectivity index (χ3v) is 13.9. The van der Waals surface area contributed by atoms with Gasteiger partial charge >= 0.3 is 0 Å². The second-order valence-electron chi connectivity index (χ2n) is 19.6. The van der Waals surface area contributed by atoms with Crippen molar-refractivity contribution >= 4 is 40.4 Å². The molecule has 3 aliphatic heterocycles. The zero-order chi connectivity index (χ0) is 52.0. The van der Waals surface area contributed by atoms with Crippen molar-refractivity contribution in [2.24, 2.45) is 5.73 Å². The topological polar surface area (TPSA) is 244 Å². The number of hydrogen-bond donors (Lipinski definition) is 8. The number of fused-ring (bicyclic) bond motifs is 4. The van der Waals surface area contributed by atoms with E-state index in [0.29, 0.717) is 30.5 Å². The lowest BCUT2D eigenvalue weighted by Crippen LogP contribution is -2.64. The molecule has 3 fully saturated rings. The highest BCUT2D eigenvalue weighted by molar-refractivity contribution is 5.97. The van der Waals surface area contributed by atoms with E-state index in [2.05, 4.69) is 31.6 Å². The first-order chi connectivity index (χ1) is 35.7. The monoisotopic (exact) mass is 1010 g/mol. The highest BCUT2D eigenvalue weighted by atomic mass is 16.8. The van der Waals surface area contributed by atoms with Crippen LogP contribution in [-0.2, 0) is 61.4 Å². The number of phenolic OH excluding ortho intramolecular Hbond substituents is 1. The summed E-state index contributed by atoms with van der Waals surface area (Å²) in [5.74, 6) is -4.86. The number of phenols is 1. The molecule has 9 rings (SSSR count). The van der Waals surface area contributed by atoms with Gasteiger partial charge in [0.1, 0.15) is 41.6 Å². The molecule has 5 amide bonds. The number of carbonyl (C=O) groups is 5. The van der Waals surface area contributed by atoms with Crippen LogP contribution in [0.15, 0.2) is 146 Å². The van der Waals surface area contributed by atoms with Gasteiger partial charge in [0.05, 0.1) is 12.1 Å². The molecule has 4 unspecified atom stereocenters. The standard InChI is InChI=1S/C57H63N7O10/c1-34(72-57(37-17-7-4-8-18-37,38-19-9-5-10-20-38)39-21-11-6-12-22-39)46-53(69)64-47-48(71-55-49(47)73-56(2,3)74-55)54(70)62-44(31-35-26-28-40(65)29-27-35)51(67)61-45(32-36-33-59-42-24-14-13-23-41(36)42)52(68)60-43(50(66)63-46)25-15-16-30-58/h4-14,17-24,26-29,33-34,43-49,55,59,65H,15-16,25,30-32,58H2,1-3H3,(H,60,68)(H,61,67)(H,62,70)(H,63,66)(H,64,69)/t34-,43+,44+,45-,46+,47?,48?,49?,55?/m1/s1. The highest BCUT2D eigenvalue weighted by Gasteiger charge is 2.58. The minimum atomic E-state index is -1.50. The van der Waals surface area contributed by atoms with E-state index in [4.69, 9.17) is 24.7 Å². The van der Waals surface area contributed by atoms with Gasteiger partial charge in [-0.15, -0.1) is 0 Å². The van der Waals surface area contributed by atoms with Crippen molar-refractivity contribution < 1.29 is 48.0 Å². The van der Waals surface area contributed by atoms with Crippen molar-refractivity contribution in [3.8, 4) is 5.75 Å². The van der Waals surface area contributed by atoms with Crippen LogP contribution in [0.1, 0.15) is 67.9 Å². The van der Waals surface area contributed by atoms with Crippen LogP contribution in [0.3, 0.4) is 0 Å². The number of nitrogens with two attached hydrogens (primary N) is 1. The van der Waals surface area contributed by atoms with Gasteiger partial charge in [0.15, 0.2) is 18.2 Å². The van der Waals surface area contributed by atoms with Crippen LogP contribution >= 0.6 is 0 Å². The lowest BCUT2D eigenvalue weighted by Gasteiger charge is -2.40. The number of benzene rings is 5. The van der Waals surface area contributed by atoms with Gasteiger partial charge in [0.2, 0.25) is 23.6 Å². The van der Waals surface area contributed by atoms with Gasteiger partial charge in [-0.3, -0.25) is 24.0 Å². The smallest absolute Gasteiger partial charge is 0.252 e. The Morgan fingerprint density at radius 1 is 0.635 bits per heavy atom. The van der Waals surface area contributed by atoms with Crippen molar-refractivity contribution in [3.63, 3.8) is 0 Å². The van der Waals surface area contributed by atoms with E-state index in [-0.39, 0.29) is 25.0 Å². The van der Waals surface area contributed by atoms with Crippen molar-refractivity contribution in [1.29, 1.82) is 0 Å². The van der Waals surface area contributed by atoms with E-state index in [0.717, 1.165) is 27.6 Å². The van der Waals surface area contributed by atoms with Gasteiger partial charge in [-0.1, -0.05) is 121 Å². The van der Waals surface area contributed by atoms with Crippen LogP contribution in [-0.4, -0.2) is 107 Å². The van der Waals surface area contributed by atoms with Gasteiger partial charge in [-0.05, 0) is 92.6 Å². The normalized spacial score (nSPS) is 24.9. The first-order valence-corrected chi connectivity index (χ1v) is 25.1. The number of para-hydroxylation sites is 1. The van der Waals surface area contributed by atoms with Crippen molar-refractivity contribution in [3.05, 3.63) is 174 Å². The Hall–Kier alpha value is -7.41. The second kappa shape index (κ2) is 22.4. The highest BCUT2D eigenvalue weighted by Crippen LogP contribution is 2.42. The predicted octanol–water partition coefficient (Wildman–Crippen LogP) is 4.50. The third-order valence-electron chi connectivity index (χ3n) is 13.9. The lowest BCUT2D eigenvalue weighted by molar-refractivity contribution is -0.208. The summed E-state index contributed by atoms with van der Waals surface area (Å²) in [6, 6.07) is 35.8. The predicted molar refractivity (Wildman–Crippen MR) is 275 cm³/mol. The van der Waals surface area contributed by atoms with Crippen LogP contribution < -0.4 is 32.3 Å². The molecule has 0 aliphatic carbocycles. The quantitative estimate of drug-likeness (QED) is 0.0558. The van der Waals surface area contributed by atoms with Crippen LogP contribution in [0, 0.1) is 0 Å². The third kappa shape index (κ3) is 11.2. The summed E-state index contributed by atoms with van der Waals surface area (Å²) in [4.78, 5) is 78.3. The molecule has 3 aliphatic rings. The molecule has 5 aromatic carbocycles. The van der Waals surface area contributed by atoms with Gasteiger partial charge in [-0.25, -0.2) is 0 Å². The Morgan fingerprint density at radius 2 is 1.19 bits per heavy atom. The fraction of sp³-hybridized carbons (Fsp3) is 0.351. The van der Waals surface area contributed by atoms with E-state index >= 15 is 9.59 Å². The number of hydrogen-bond acceptors (Lipinski definition) is 11. The molecule has 0 saturated carbocycles. The number of rotatable bonds is 14. The zero-order valence-electron chi connectivity index (χ0n) is 41.5. The summed E-state index contributed by atoms with van der Waals surface area (Å²) in [6.07, 6.45) is -2.07. The molecule has 9 atom stereocenters. The van der Waals surface area contributed by atoms with E-state index in [1.165, 1.54) is 12.1 Å². The largest absolute Gasteiger partial charge is 0.508 e. The molecule has 0 spiro atoms. The fourth-order valence-electron chi connectivity index (χ4n) is 10.2. The molecule has 386 valence electrons. The SMILES string of the molecule is C[C@@H](OC(c1ccccc1)(c1ccccc1)c1ccccc1)[C@@H]1NC(=O)[C@H](CCCCN)NC(=O)[C@@H](Cc2c[nH]c3ccccc23)NC(=O)[C@H](Cc2ccc(O)cc2)NC(=O)C2OC3OC(C)(C)OC3C2NC1=O. The van der Waals surface area contributed by atoms with Crippen molar-refractivity contribution in [2.45, 2.75) is 119 Å². The number of unbranched alkanes of at least 4 members (excludes halogenated alkanes) is 1. The molecule has 0 radical (unpaired) electrons. The minimum absolute atomic E-state index is 0.00272. The van der Waals surface area contributed by atoms with Gasteiger partial charge in [-0.2, -0.15) is 0 Å². The van der Waals surface area contributed by atoms with Gasteiger partial charge in [0.25, 0.3) is 5.91 Å². The lowest BCUT2D eigenvalue weighted by atomic mass is 9.79. The molecule has 3 saturated heterocycles. The number of nitrogens with one attached hydrogen (secondary N) is 6. The van der Waals surface area contributed by atoms with Crippen LogP contribution in [0.5, 0.6) is 5.75 Å². The molecular formula is C57H63N7O10. The molecular weight excluding hydrogens is 943 g/mol. The number of aromatic hydroxyl groups is 1. The van der Waals surface area contributed by atoms with Gasteiger partial charge < -0.3 is 61.4 Å². The number of aromatic nitrogens is 1. The van der Waals surface area contributed by atoms with Crippen molar-refractivity contribution in [2.75, 3.05) is 6.54 Å². The molecule has 6 aromatic rings. The zero-order valence-corrected chi connectivity index (χ0v) is 41.5. The number of amides is 5. The Balaban J connectivity index is 1.15. The molecule has 17 heteroatoms. The summed E-state index contributed by atoms with van der Waals surface area (Å²) >= 11 is 0. The Kier molecular flexibility index (Phi) is 15.6. The minimum Gasteiger partial charge on any atom is -0.508 e. The molecule has 4 heterocycles. The van der Waals surface area contributed by atoms with Crippen LogP contribution in [0.2, 0.25) is 0 Å². The Labute approximate surface area is 429 Å². The van der Waals surface area contributed by atoms with Crippen molar-refractivity contribution in [1.82, 2.24) is 31.6 Å². The summed E-state index contributed by atoms with van der Waals surface area (Å²) in [5, 5.41) is 25.6. The van der Waals surface area contributed by atoms with Crippen LogP contribution in [0.25, 0.3) is 10.9 Å². The first-order valence-electron chi connectivity index (χ1n) is 25.1. The number of aromatic amines is 1. The maximum Gasteiger partial charge on any atom is 0.252 e. The van der Waals surface area contributed by atoms with E-state index in [1.54, 1.807) is 39.1 Å². The van der Waals surface area contributed by atoms with E-state index < -0.39 is 95.7 Å². The fourth-order valence-corrected chi connectivity index (χ4v) is 10.2. The average Bonchev–Trinajstić information content (AvgIpc) is 4.07. The van der Waals surface area contributed by atoms with Crippen LogP contribution in [0.4, 0.5) is 0 Å². The number of H-pyrrole nitrogens is 1. The van der Waals surface area contributed by atoms with E-state index in [1.807, 2.05) is 115 Å². The summed E-state index contributed by atoms with van der Waals surface area (Å²) in [5.41, 5.74) is 8.90. The number of carbonyl (C=O) groups excluding carboxylic acids is 5. The average molecular weight is 1010 g/mol. The summed E-state index contributed by atoms with van der Waals surface area (Å²) in [7, 11) is 0. The molecule has 74 heavy (non-hydrogen) atoms. The Bertz CT molecular complexity index is 2820. The van der Waals surface area contributed by atoms with Gasteiger partial charge in [0, 0.05) is 29.9 Å². The van der Waals surface area contributed by atoms with E-state index in [9.17, 15) is 19.5 Å². The maximum atomic E-state index is 15.5. The second-order valence-corrected chi connectivity index (χ2v) is 19.6. The number of ether oxygens (including phenoxy) is 4. The first kappa shape index (κ1) is 51.5. The molecule has 9 N–H and O–H groups in total. The molecule has 17 nitrogen and oxygen atoms in total. The Morgan fingerprint density at radius 3 is 1.81 bits per heavy atom. The summed E-state index contributed by atoms with van der Waals surface area (Å²) < 4.78 is 26.1. The molecule has 1 aromatic heterocycles.